The fourth-order valence-corrected chi connectivity index (χ4v) is 9.41. The van der Waals surface area contributed by atoms with E-state index in [1.807, 2.05) is 0 Å². The molecule has 0 heterocycles. The maximum absolute atomic E-state index is 13.8. The zero-order chi connectivity index (χ0) is 58.9. The average Bonchev–Trinajstić information content (AvgIpc) is 3.21. The van der Waals surface area contributed by atoms with Gasteiger partial charge in [0.2, 0.25) is 0 Å². The zero-order valence-electron chi connectivity index (χ0n) is 54.2. The van der Waals surface area contributed by atoms with Crippen molar-refractivity contribution >= 4 is 0 Å². The van der Waals surface area contributed by atoms with Crippen LogP contribution in [0.25, 0.3) is 0 Å². The fraction of sp³-hybridized carbons (Fsp3) is 0.647. The normalized spacial score (nSPS) is 13.4. The van der Waals surface area contributed by atoms with Gasteiger partial charge in [0.25, 0.3) is 0 Å². The van der Waals surface area contributed by atoms with E-state index in [9.17, 15) is 20.4 Å². The summed E-state index contributed by atoms with van der Waals surface area (Å²) in [5.41, 5.74) is 10.4. The molecule has 0 atom stereocenters. The summed E-state index contributed by atoms with van der Waals surface area (Å²) in [4.78, 5) is 7.85. The van der Waals surface area contributed by atoms with Crippen molar-refractivity contribution in [3.63, 3.8) is 0 Å². The van der Waals surface area contributed by atoms with Crippen molar-refractivity contribution in [1.29, 1.82) is 0 Å². The van der Waals surface area contributed by atoms with Gasteiger partial charge in [0.1, 0.15) is 13.1 Å². The molecule has 77 heavy (non-hydrogen) atoms. The van der Waals surface area contributed by atoms with Crippen molar-refractivity contribution in [1.82, 2.24) is 14.7 Å². The molecule has 9 heteroatoms. The Morgan fingerprint density at radius 2 is 0.558 bits per heavy atom. The molecule has 0 bridgehead atoms. The predicted molar refractivity (Wildman–Crippen MR) is 318 cm³/mol. The zero-order valence-corrected chi connectivity index (χ0v) is 56.8. The molecule has 0 amide bonds. The van der Waals surface area contributed by atoms with Crippen molar-refractivity contribution in [3.05, 3.63) is 115 Å². The summed E-state index contributed by atoms with van der Waals surface area (Å²) in [6.45, 7) is 57.4. The first kappa shape index (κ1) is 70.4. The second kappa shape index (κ2) is 26.0. The summed E-state index contributed by atoms with van der Waals surface area (Å²) in [6.07, 6.45) is 0. The molecule has 0 aromatic heterocycles. The van der Waals surface area contributed by atoms with E-state index >= 15 is 0 Å². The quantitative estimate of drug-likeness (QED) is 0.134. The minimum atomic E-state index is -0.244. The number of benzene rings is 4. The van der Waals surface area contributed by atoms with Gasteiger partial charge in [-0.25, -0.2) is 0 Å². The molecule has 0 spiro atoms. The van der Waals surface area contributed by atoms with Crippen LogP contribution >= 0.6 is 0 Å². The van der Waals surface area contributed by atoms with Gasteiger partial charge >= 0.3 is 40.4 Å². The van der Waals surface area contributed by atoms with Crippen molar-refractivity contribution in [2.75, 3.05) is 54.4 Å². The first-order valence-corrected chi connectivity index (χ1v) is 28.3. The van der Waals surface area contributed by atoms with Gasteiger partial charge in [0.05, 0.1) is 6.54 Å². The fourth-order valence-electron chi connectivity index (χ4n) is 9.41. The molecule has 8 nitrogen and oxygen atoms in total. The molecule has 0 saturated carbocycles. The third-order valence-corrected chi connectivity index (χ3v) is 14.8. The molecule has 1 radical (unpaired) electrons. The standard InChI is InChI=1S/2C34H56N2O2.Sm/c2*1-31(2,3)25-17-23(29(37)27(19-25)33(7,8)9)21-36(16-15-35(13)14)22-24-18-26(32(4,5)6)20-28(30(24)38)34(10,11)12;/h2*17-20,37-38H,15-16,21-22H2,1-14H3;/q;;+3/p-3. The van der Waals surface area contributed by atoms with E-state index in [0.717, 1.165) is 70.7 Å². The Balaban J connectivity index is 0.000000520. The SMILES string of the molecule is CN(C)CCN(Cc1cc(C(C)(C)C)cc(C(C)(C)C)c1[O-])Cc1cc(C(C)(C)C)cc(C(C)(C)C)c1[O-].CN(C)CC[NH+](Cc1cc(C(C)(C)C)cc(C(C)(C)C)c1[O-])Cc1cc(C(C)(C)C)cc(C(C)(C)C)c1[O-].[Sm+3]. The van der Waals surface area contributed by atoms with Crippen molar-refractivity contribution in [2.45, 2.75) is 236 Å². The number of hydrogen-bond donors (Lipinski definition) is 1. The van der Waals surface area contributed by atoms with Gasteiger partial charge in [0.15, 0.2) is 0 Å². The molecule has 431 valence electrons. The Morgan fingerprint density at radius 3 is 0.779 bits per heavy atom. The monoisotopic (exact) mass is 1200 g/mol. The summed E-state index contributed by atoms with van der Waals surface area (Å²) in [5.74, 6) is 0.547. The van der Waals surface area contributed by atoms with E-state index in [1.165, 1.54) is 27.2 Å². The average molecular weight is 1200 g/mol. The maximum atomic E-state index is 13.8. The molecule has 4 rings (SSSR count). The Labute approximate surface area is 504 Å². The number of rotatable bonds is 14. The molecule has 0 unspecified atom stereocenters. The third kappa shape index (κ3) is 20.3. The van der Waals surface area contributed by atoms with Gasteiger partial charge in [-0.2, -0.15) is 0 Å². The molecule has 0 saturated heterocycles. The minimum Gasteiger partial charge on any atom is -0.872 e. The van der Waals surface area contributed by atoms with Crippen LogP contribution in [0.1, 0.15) is 233 Å². The van der Waals surface area contributed by atoms with Crippen LogP contribution in [0.15, 0.2) is 48.5 Å². The van der Waals surface area contributed by atoms with Crippen molar-refractivity contribution < 1.29 is 65.7 Å². The van der Waals surface area contributed by atoms with Crippen LogP contribution in [-0.4, -0.2) is 69.1 Å². The summed E-state index contributed by atoms with van der Waals surface area (Å²) in [5, 5.41) is 55.1. The van der Waals surface area contributed by atoms with E-state index in [1.54, 1.807) is 0 Å². The van der Waals surface area contributed by atoms with E-state index in [4.69, 9.17) is 0 Å². The molecular formula is C68H109N4O4Sm. The smallest absolute Gasteiger partial charge is 0.872 e. The van der Waals surface area contributed by atoms with E-state index in [2.05, 4.69) is 258 Å². The number of hydrogen-bond acceptors (Lipinski definition) is 7. The van der Waals surface area contributed by atoms with Crippen molar-refractivity contribution in [2.24, 2.45) is 0 Å². The summed E-state index contributed by atoms with van der Waals surface area (Å²) >= 11 is 0. The van der Waals surface area contributed by atoms with Crippen LogP contribution in [0.4, 0.5) is 0 Å². The van der Waals surface area contributed by atoms with Crippen LogP contribution in [0.2, 0.25) is 0 Å². The van der Waals surface area contributed by atoms with Gasteiger partial charge in [-0.3, -0.25) is 4.90 Å². The number of quaternary nitrogens is 1. The number of likely N-dealkylation sites (N-methyl/N-ethyl adjacent to an activating group) is 2. The summed E-state index contributed by atoms with van der Waals surface area (Å²) in [6, 6.07) is 16.9. The molecule has 1 N–H and O–H groups in total. The van der Waals surface area contributed by atoms with E-state index in [0.29, 0.717) is 26.2 Å². The molecule has 0 aliphatic heterocycles. The molecular weight excluding hydrogens is 1090 g/mol. The Morgan fingerprint density at radius 1 is 0.325 bits per heavy atom. The van der Waals surface area contributed by atoms with Crippen molar-refractivity contribution in [3.8, 4) is 23.0 Å². The van der Waals surface area contributed by atoms with Gasteiger partial charge in [-0.05, 0) is 138 Å². The minimum absolute atomic E-state index is 0. The number of nitrogens with zero attached hydrogens (tertiary/aromatic N) is 3. The summed E-state index contributed by atoms with van der Waals surface area (Å²) < 4.78 is 0. The van der Waals surface area contributed by atoms with Gasteiger partial charge in [-0.15, -0.1) is 11.5 Å². The van der Waals surface area contributed by atoms with Gasteiger partial charge in [0, 0.05) is 32.7 Å². The first-order chi connectivity index (χ1) is 34.0. The van der Waals surface area contributed by atoms with Crippen LogP contribution < -0.4 is 25.3 Å². The Hall–Kier alpha value is -2.74. The van der Waals surface area contributed by atoms with Crippen LogP contribution in [0, 0.1) is 40.4 Å². The molecule has 0 fully saturated rings. The number of nitrogens with one attached hydrogen (secondary N) is 1. The van der Waals surface area contributed by atoms with Gasteiger partial charge < -0.3 is 35.1 Å². The predicted octanol–water partition coefficient (Wildman–Crippen LogP) is 11.8. The van der Waals surface area contributed by atoms with E-state index in [-0.39, 0.29) is 107 Å². The molecule has 4 aromatic rings. The maximum Gasteiger partial charge on any atom is 3.00 e. The Bertz CT molecular complexity index is 2230. The first-order valence-electron chi connectivity index (χ1n) is 28.3. The second-order valence-corrected chi connectivity index (χ2v) is 31.2. The largest absolute Gasteiger partial charge is 3.00 e. The second-order valence-electron chi connectivity index (χ2n) is 31.2. The van der Waals surface area contributed by atoms with E-state index < -0.39 is 0 Å². The molecule has 4 aromatic carbocycles. The van der Waals surface area contributed by atoms with Crippen LogP contribution in [0.3, 0.4) is 0 Å². The molecule has 0 aliphatic rings. The molecule has 0 aliphatic carbocycles. The topological polar surface area (TPSA) is 106 Å². The van der Waals surface area contributed by atoms with Crippen LogP contribution in [0.5, 0.6) is 23.0 Å². The Kier molecular flexibility index (Phi) is 23.8. The van der Waals surface area contributed by atoms with Gasteiger partial charge in [-0.1, -0.05) is 226 Å². The third-order valence-electron chi connectivity index (χ3n) is 14.8. The van der Waals surface area contributed by atoms with Crippen LogP contribution in [-0.2, 0) is 69.5 Å². The summed E-state index contributed by atoms with van der Waals surface area (Å²) in [7, 11) is 8.27.